The molecule has 16 unspecified atom stereocenters. The molecule has 0 saturated carbocycles. The molecule has 3 heterocycles. The molecule has 0 aromatic carbocycles. The molecule has 16 atom stereocenters. The van der Waals surface area contributed by atoms with Crippen molar-refractivity contribution in [2.24, 2.45) is 0 Å². The van der Waals surface area contributed by atoms with Crippen LogP contribution in [0.5, 0.6) is 0 Å². The smallest absolute Gasteiger partial charge is 0.192 e. The minimum Gasteiger partial charge on any atom is -0.394 e. The third-order valence-corrected chi connectivity index (χ3v) is 7.31. The minimum absolute atomic E-state index is 0.130. The van der Waals surface area contributed by atoms with Crippen molar-refractivity contribution in [1.82, 2.24) is 0 Å². The molecule has 19 heteroatoms. The number of hydrogen-bond acceptors (Lipinski definition) is 18. The van der Waals surface area contributed by atoms with E-state index in [0.29, 0.717) is 25.9 Å². The molecule has 0 spiro atoms. The van der Waals surface area contributed by atoms with Crippen LogP contribution >= 0.6 is 9.03 Å². The highest BCUT2D eigenvalue weighted by Gasteiger charge is 2.51. The van der Waals surface area contributed by atoms with Crippen molar-refractivity contribution >= 4 is 9.03 Å². The fraction of sp³-hybridized carbons (Fsp3) is 1.00. The van der Waals surface area contributed by atoms with Gasteiger partial charge in [0.2, 0.25) is 0 Å². The molecular formula is C26H53O18P. The zero-order chi connectivity index (χ0) is 34.3. The van der Waals surface area contributed by atoms with Crippen LogP contribution in [0.25, 0.3) is 0 Å². The Bertz CT molecular complexity index is 757. The molecular weight excluding hydrogens is 631 g/mol. The summed E-state index contributed by atoms with van der Waals surface area (Å²) < 4.78 is 37.2. The Hall–Kier alpha value is -0.290. The van der Waals surface area contributed by atoms with Gasteiger partial charge in [0.15, 0.2) is 34.2 Å². The monoisotopic (exact) mass is 684 g/mol. The van der Waals surface area contributed by atoms with E-state index in [1.165, 1.54) is 0 Å². The lowest BCUT2D eigenvalue weighted by molar-refractivity contribution is -0.402. The zero-order valence-electron chi connectivity index (χ0n) is 25.9. The van der Waals surface area contributed by atoms with Gasteiger partial charge in [0.05, 0.1) is 19.8 Å². The van der Waals surface area contributed by atoms with Crippen molar-refractivity contribution in [1.29, 1.82) is 0 Å². The van der Waals surface area contributed by atoms with Gasteiger partial charge in [-0.2, -0.15) is 0 Å². The lowest BCUT2D eigenvalue weighted by atomic mass is 9.99. The van der Waals surface area contributed by atoms with Crippen LogP contribution in [0.1, 0.15) is 47.0 Å². The second-order valence-electron chi connectivity index (χ2n) is 9.90. The lowest BCUT2D eigenvalue weighted by Crippen LogP contribution is -2.64. The second-order valence-corrected chi connectivity index (χ2v) is 10.4. The average Bonchev–Trinajstić information content (AvgIpc) is 3.06. The van der Waals surface area contributed by atoms with Gasteiger partial charge >= 0.3 is 0 Å². The van der Waals surface area contributed by atoms with Crippen molar-refractivity contribution in [3.05, 3.63) is 0 Å². The van der Waals surface area contributed by atoms with E-state index < -0.39 is 115 Å². The topological polar surface area (TPSA) is 287 Å². The van der Waals surface area contributed by atoms with Gasteiger partial charge in [0, 0.05) is 6.61 Å². The second kappa shape index (κ2) is 22.4. The first-order valence-electron chi connectivity index (χ1n) is 15.1. The van der Waals surface area contributed by atoms with Crippen molar-refractivity contribution in [3.63, 3.8) is 0 Å². The average molecular weight is 685 g/mol. The summed E-state index contributed by atoms with van der Waals surface area (Å²) in [4.78, 5) is 8.62. The predicted octanol–water partition coefficient (Wildman–Crippen LogP) is -3.85. The molecule has 11 N–H and O–H groups in total. The molecule has 3 aliphatic rings. The van der Waals surface area contributed by atoms with Crippen LogP contribution < -0.4 is 0 Å². The highest BCUT2D eigenvalue weighted by atomic mass is 31.1. The summed E-state index contributed by atoms with van der Waals surface area (Å²) in [6.45, 7) is 7.18. The third kappa shape index (κ3) is 12.0. The molecule has 3 fully saturated rings. The van der Waals surface area contributed by atoms with E-state index in [4.69, 9.17) is 37.8 Å². The standard InChI is InChI=1S/C22H41O18P.2C2H6/c23-6-8-10(24)12(26)17(31)21(37-8)40-22-18(32)14(28)16(30)20(39-22)35-7-9-11(25)13(27)15(29)19(38-9)34-4-2-1-3-5-36-41-33;2*1-2/h8-33,41H,1-7H2;2*1-2H3. The van der Waals surface area contributed by atoms with Crippen molar-refractivity contribution < 1.29 is 88.9 Å². The molecule has 3 saturated heterocycles. The first-order valence-corrected chi connectivity index (χ1v) is 16.0. The molecule has 0 radical (unpaired) electrons. The van der Waals surface area contributed by atoms with Crippen molar-refractivity contribution in [3.8, 4) is 0 Å². The summed E-state index contributed by atoms with van der Waals surface area (Å²) in [5, 5.41) is 101. The van der Waals surface area contributed by atoms with E-state index in [9.17, 15) is 51.1 Å². The van der Waals surface area contributed by atoms with Crippen LogP contribution in [0.3, 0.4) is 0 Å². The van der Waals surface area contributed by atoms with Gasteiger partial charge in [-0.25, -0.2) is 0 Å². The molecule has 0 aromatic heterocycles. The summed E-state index contributed by atoms with van der Waals surface area (Å²) in [5.74, 6) is 0. The summed E-state index contributed by atoms with van der Waals surface area (Å²) in [7, 11) is -0.593. The van der Waals surface area contributed by atoms with Crippen LogP contribution in [0.2, 0.25) is 0 Å². The molecule has 3 aliphatic heterocycles. The van der Waals surface area contributed by atoms with E-state index in [2.05, 4.69) is 0 Å². The SMILES string of the molecule is CC.CC.OCC1OC(OC2OC(OCC3OC(OCCCCCOPO)C(O)C(O)C3O)C(O)C(O)C2O)C(O)C(O)C1O. The van der Waals surface area contributed by atoms with E-state index in [1.807, 2.05) is 27.7 Å². The molecule has 270 valence electrons. The molecule has 0 bridgehead atoms. The maximum Gasteiger partial charge on any atom is 0.192 e. The summed E-state index contributed by atoms with van der Waals surface area (Å²) in [5.41, 5.74) is 0. The summed E-state index contributed by atoms with van der Waals surface area (Å²) in [6, 6.07) is 0. The Kier molecular flexibility index (Phi) is 21.2. The Labute approximate surface area is 263 Å². The van der Waals surface area contributed by atoms with Gasteiger partial charge in [-0.3, -0.25) is 0 Å². The Morgan fingerprint density at radius 1 is 0.511 bits per heavy atom. The number of ether oxygens (including phenoxy) is 6. The summed E-state index contributed by atoms with van der Waals surface area (Å²) in [6.07, 6.45) is -23.3. The normalized spacial score (nSPS) is 42.1. The maximum absolute atomic E-state index is 10.4. The van der Waals surface area contributed by atoms with Gasteiger partial charge in [-0.15, -0.1) is 0 Å². The first-order chi connectivity index (χ1) is 21.5. The van der Waals surface area contributed by atoms with Crippen molar-refractivity contribution in [2.75, 3.05) is 26.4 Å². The minimum atomic E-state index is -1.91. The van der Waals surface area contributed by atoms with Crippen LogP contribution in [0.4, 0.5) is 0 Å². The number of aliphatic hydroxyl groups is 10. The van der Waals surface area contributed by atoms with E-state index >= 15 is 0 Å². The largest absolute Gasteiger partial charge is 0.394 e. The first kappa shape index (κ1) is 42.7. The highest BCUT2D eigenvalue weighted by molar-refractivity contribution is 7.24. The summed E-state index contributed by atoms with van der Waals surface area (Å²) >= 11 is 0. The molecule has 45 heavy (non-hydrogen) atoms. The fourth-order valence-corrected chi connectivity index (χ4v) is 4.70. The van der Waals surface area contributed by atoms with Crippen LogP contribution in [-0.2, 0) is 32.9 Å². The number of unbranched alkanes of at least 4 members (excludes halogenated alkanes) is 2. The van der Waals surface area contributed by atoms with E-state index in [-0.39, 0.29) is 6.61 Å². The van der Waals surface area contributed by atoms with E-state index in [0.717, 1.165) is 0 Å². The van der Waals surface area contributed by atoms with Gasteiger partial charge in [0.25, 0.3) is 0 Å². The van der Waals surface area contributed by atoms with Gasteiger partial charge in [0.1, 0.15) is 67.1 Å². The van der Waals surface area contributed by atoms with Gasteiger partial charge < -0.3 is 88.9 Å². The Morgan fingerprint density at radius 3 is 1.51 bits per heavy atom. The molecule has 3 rings (SSSR count). The maximum atomic E-state index is 10.4. The third-order valence-electron chi connectivity index (χ3n) is 6.97. The van der Waals surface area contributed by atoms with Crippen molar-refractivity contribution in [2.45, 2.75) is 139 Å². The van der Waals surface area contributed by atoms with Gasteiger partial charge in [-0.1, -0.05) is 27.7 Å². The number of aliphatic hydroxyl groups excluding tert-OH is 10. The Balaban J connectivity index is 0.00000243. The lowest BCUT2D eigenvalue weighted by Gasteiger charge is -2.45. The Morgan fingerprint density at radius 2 is 0.956 bits per heavy atom. The van der Waals surface area contributed by atoms with E-state index in [1.54, 1.807) is 0 Å². The molecule has 18 nitrogen and oxygen atoms in total. The predicted molar refractivity (Wildman–Crippen MR) is 153 cm³/mol. The highest BCUT2D eigenvalue weighted by Crippen LogP contribution is 2.29. The number of hydrogen-bond donors (Lipinski definition) is 11. The molecule has 0 amide bonds. The molecule has 0 aromatic rings. The fourth-order valence-electron chi connectivity index (χ4n) is 4.46. The number of rotatable bonds is 14. The molecule has 0 aliphatic carbocycles. The quantitative estimate of drug-likeness (QED) is 0.0617. The van der Waals surface area contributed by atoms with Gasteiger partial charge in [-0.05, 0) is 19.3 Å². The van der Waals surface area contributed by atoms with Crippen LogP contribution in [0, 0.1) is 0 Å². The zero-order valence-corrected chi connectivity index (χ0v) is 26.9. The van der Waals surface area contributed by atoms with Crippen LogP contribution in [-0.4, -0.2) is 175 Å². The van der Waals surface area contributed by atoms with Crippen LogP contribution in [0.15, 0.2) is 0 Å².